The van der Waals surface area contributed by atoms with Crippen LogP contribution in [0.3, 0.4) is 0 Å². The first-order valence-electron chi connectivity index (χ1n) is 11.4. The highest BCUT2D eigenvalue weighted by atomic mass is 16.3. The summed E-state index contributed by atoms with van der Waals surface area (Å²) in [5.74, 6) is 2.09. The Morgan fingerprint density at radius 2 is 1.72 bits per heavy atom. The molecular weight excluding hydrogens is 398 g/mol. The van der Waals surface area contributed by atoms with E-state index >= 15 is 0 Å². The first-order valence-corrected chi connectivity index (χ1v) is 11.4. The molecule has 1 N–H and O–H groups in total. The van der Waals surface area contributed by atoms with Crippen molar-refractivity contribution in [1.29, 1.82) is 0 Å². The van der Waals surface area contributed by atoms with Crippen molar-refractivity contribution in [2.24, 2.45) is 5.92 Å². The summed E-state index contributed by atoms with van der Waals surface area (Å²) in [6.45, 7) is 4.03. The van der Waals surface area contributed by atoms with Crippen LogP contribution in [-0.2, 0) is 19.4 Å². The molecule has 6 heteroatoms. The Morgan fingerprint density at radius 1 is 0.906 bits per heavy atom. The number of aromatic hydroxyl groups is 1. The molecule has 6 nitrogen and oxygen atoms in total. The summed E-state index contributed by atoms with van der Waals surface area (Å²) in [6.07, 6.45) is 8.07. The lowest BCUT2D eigenvalue weighted by Gasteiger charge is -2.32. The van der Waals surface area contributed by atoms with E-state index in [1.807, 2.05) is 48.8 Å². The number of benzene rings is 1. The van der Waals surface area contributed by atoms with Crippen molar-refractivity contribution < 1.29 is 5.11 Å². The number of hydrogen-bond acceptors (Lipinski definition) is 5. The third kappa shape index (κ3) is 4.81. The monoisotopic (exact) mass is 427 g/mol. The molecule has 4 aromatic rings. The minimum atomic E-state index is 0.332. The number of rotatable bonds is 7. The molecule has 164 valence electrons. The maximum atomic E-state index is 9.45. The van der Waals surface area contributed by atoms with Gasteiger partial charge < -0.3 is 14.6 Å². The van der Waals surface area contributed by atoms with Crippen molar-refractivity contribution in [3.8, 4) is 5.75 Å². The normalized spacial score (nSPS) is 15.4. The minimum Gasteiger partial charge on any atom is -0.508 e. The average Bonchev–Trinajstić information content (AvgIpc) is 3.17. The van der Waals surface area contributed by atoms with Crippen LogP contribution in [0.15, 0.2) is 67.0 Å². The van der Waals surface area contributed by atoms with Crippen LogP contribution in [-0.4, -0.2) is 49.2 Å². The van der Waals surface area contributed by atoms with Crippen LogP contribution in [0.2, 0.25) is 0 Å². The molecule has 4 heterocycles. The Hall–Kier alpha value is -3.25. The number of nitrogens with zero attached hydrogens (tertiary/aromatic N) is 5. The number of aromatic nitrogens is 4. The van der Waals surface area contributed by atoms with Crippen LogP contribution in [0.4, 0.5) is 0 Å². The number of imidazole rings is 1. The zero-order valence-electron chi connectivity index (χ0n) is 18.3. The number of likely N-dealkylation sites (tertiary alicyclic amines) is 1. The Kier molecular flexibility index (Phi) is 6.12. The van der Waals surface area contributed by atoms with Gasteiger partial charge in [-0.2, -0.15) is 0 Å². The van der Waals surface area contributed by atoms with E-state index in [-0.39, 0.29) is 0 Å². The molecule has 1 aromatic carbocycles. The van der Waals surface area contributed by atoms with Gasteiger partial charge in [0.05, 0.1) is 12.2 Å². The van der Waals surface area contributed by atoms with E-state index in [0.717, 1.165) is 55.2 Å². The van der Waals surface area contributed by atoms with Crippen molar-refractivity contribution in [2.75, 3.05) is 19.6 Å². The summed E-state index contributed by atoms with van der Waals surface area (Å²) in [5, 5.41) is 9.45. The van der Waals surface area contributed by atoms with Gasteiger partial charge in [0.2, 0.25) is 0 Å². The molecular formula is C26H29N5O. The summed E-state index contributed by atoms with van der Waals surface area (Å²) >= 11 is 0. The molecule has 5 rings (SSSR count). The second kappa shape index (κ2) is 9.49. The van der Waals surface area contributed by atoms with Gasteiger partial charge in [-0.3, -0.25) is 4.98 Å². The highest BCUT2D eigenvalue weighted by molar-refractivity contribution is 5.71. The van der Waals surface area contributed by atoms with Gasteiger partial charge in [-0.25, -0.2) is 9.97 Å². The quantitative estimate of drug-likeness (QED) is 0.481. The number of phenols is 1. The topological polar surface area (TPSA) is 67.1 Å². The molecule has 32 heavy (non-hydrogen) atoms. The fourth-order valence-electron chi connectivity index (χ4n) is 4.60. The van der Waals surface area contributed by atoms with Gasteiger partial charge in [0, 0.05) is 25.4 Å². The van der Waals surface area contributed by atoms with Crippen molar-refractivity contribution in [1.82, 2.24) is 24.4 Å². The molecule has 0 spiro atoms. The lowest BCUT2D eigenvalue weighted by molar-refractivity contribution is 0.184. The van der Waals surface area contributed by atoms with Crippen LogP contribution < -0.4 is 0 Å². The molecule has 1 aliphatic rings. The van der Waals surface area contributed by atoms with Gasteiger partial charge in [-0.05, 0) is 80.2 Å². The van der Waals surface area contributed by atoms with E-state index in [0.29, 0.717) is 18.2 Å². The third-order valence-corrected chi connectivity index (χ3v) is 6.46. The first-order chi connectivity index (χ1) is 15.7. The van der Waals surface area contributed by atoms with Crippen LogP contribution in [0.1, 0.15) is 29.9 Å². The summed E-state index contributed by atoms with van der Waals surface area (Å²) in [6, 6.07) is 17.6. The molecule has 0 amide bonds. The number of phenolic OH excluding ortho intramolecular Hbond substituents is 1. The number of pyridine rings is 2. The highest BCUT2D eigenvalue weighted by Crippen LogP contribution is 2.24. The fraction of sp³-hybridized carbons (Fsp3) is 0.346. The highest BCUT2D eigenvalue weighted by Gasteiger charge is 2.22. The molecule has 1 fully saturated rings. The SMILES string of the molecule is Oc1ccc(CCN2CCC(Cc3nc4cccnc4n3Cc3ccccn3)CC2)cc1. The van der Waals surface area contributed by atoms with Crippen molar-refractivity contribution >= 4 is 11.2 Å². The van der Waals surface area contributed by atoms with Gasteiger partial charge in [-0.15, -0.1) is 0 Å². The van der Waals surface area contributed by atoms with Gasteiger partial charge in [0.1, 0.15) is 17.1 Å². The summed E-state index contributed by atoms with van der Waals surface area (Å²) in [5.41, 5.74) is 4.22. The second-order valence-corrected chi connectivity index (χ2v) is 8.69. The number of hydrogen-bond donors (Lipinski definition) is 1. The summed E-state index contributed by atoms with van der Waals surface area (Å²) < 4.78 is 2.24. The van der Waals surface area contributed by atoms with Crippen molar-refractivity contribution in [2.45, 2.75) is 32.2 Å². The Morgan fingerprint density at radius 3 is 2.50 bits per heavy atom. The lowest BCUT2D eigenvalue weighted by atomic mass is 9.93. The smallest absolute Gasteiger partial charge is 0.160 e. The molecule has 3 aromatic heterocycles. The first kappa shape index (κ1) is 20.6. The van der Waals surface area contributed by atoms with Gasteiger partial charge in [0.15, 0.2) is 5.65 Å². The largest absolute Gasteiger partial charge is 0.508 e. The Labute approximate surface area is 188 Å². The van der Waals surface area contributed by atoms with E-state index in [1.54, 1.807) is 12.1 Å². The van der Waals surface area contributed by atoms with E-state index in [1.165, 1.54) is 18.4 Å². The molecule has 0 bridgehead atoms. The average molecular weight is 428 g/mol. The van der Waals surface area contributed by atoms with E-state index in [9.17, 15) is 5.11 Å². The van der Waals surface area contributed by atoms with Crippen molar-refractivity contribution in [3.63, 3.8) is 0 Å². The summed E-state index contributed by atoms with van der Waals surface area (Å²) in [7, 11) is 0. The maximum absolute atomic E-state index is 9.45. The molecule has 0 atom stereocenters. The Balaban J connectivity index is 1.22. The van der Waals surface area contributed by atoms with Crippen LogP contribution in [0, 0.1) is 5.92 Å². The molecule has 0 radical (unpaired) electrons. The zero-order chi connectivity index (χ0) is 21.8. The van der Waals surface area contributed by atoms with Gasteiger partial charge in [0.25, 0.3) is 0 Å². The van der Waals surface area contributed by atoms with Gasteiger partial charge in [-0.1, -0.05) is 18.2 Å². The van der Waals surface area contributed by atoms with Crippen molar-refractivity contribution in [3.05, 3.63) is 84.1 Å². The summed E-state index contributed by atoms with van der Waals surface area (Å²) in [4.78, 5) is 16.6. The fourth-order valence-corrected chi connectivity index (χ4v) is 4.60. The van der Waals surface area contributed by atoms with Crippen LogP contribution in [0.5, 0.6) is 5.75 Å². The number of fused-ring (bicyclic) bond motifs is 1. The standard InChI is InChI=1S/C26H29N5O/c32-23-8-6-20(7-9-23)10-15-30-16-11-21(12-17-30)18-25-29-24-5-3-14-28-26(24)31(25)19-22-4-1-2-13-27-22/h1-9,13-14,21,32H,10-12,15-19H2. The molecule has 0 unspecified atom stereocenters. The molecule has 1 saturated heterocycles. The van der Waals surface area contributed by atoms with Gasteiger partial charge >= 0.3 is 0 Å². The predicted octanol–water partition coefficient (Wildman–Crippen LogP) is 4.08. The maximum Gasteiger partial charge on any atom is 0.160 e. The molecule has 0 aliphatic carbocycles. The van der Waals surface area contributed by atoms with E-state index < -0.39 is 0 Å². The van der Waals surface area contributed by atoms with Crippen LogP contribution in [0.25, 0.3) is 11.2 Å². The zero-order valence-corrected chi connectivity index (χ0v) is 18.3. The Bertz CT molecular complexity index is 1150. The second-order valence-electron chi connectivity index (χ2n) is 8.69. The minimum absolute atomic E-state index is 0.332. The predicted molar refractivity (Wildman–Crippen MR) is 126 cm³/mol. The van der Waals surface area contributed by atoms with E-state index in [4.69, 9.17) is 4.98 Å². The van der Waals surface area contributed by atoms with Crippen LogP contribution >= 0.6 is 0 Å². The van der Waals surface area contributed by atoms with E-state index in [2.05, 4.69) is 25.5 Å². The molecule has 1 aliphatic heterocycles. The molecule has 0 saturated carbocycles. The number of piperidine rings is 1. The third-order valence-electron chi connectivity index (χ3n) is 6.46. The lowest BCUT2D eigenvalue weighted by Crippen LogP contribution is -2.36.